The summed E-state index contributed by atoms with van der Waals surface area (Å²) in [5.74, 6) is -1.45. The Kier molecular flexibility index (Phi) is 3.55. The van der Waals surface area contributed by atoms with Gasteiger partial charge in [-0.2, -0.15) is 8.42 Å². The Hall–Kier alpha value is -2.24. The van der Waals surface area contributed by atoms with Crippen molar-refractivity contribution in [1.29, 1.82) is 0 Å². The molecule has 1 N–H and O–H groups in total. The maximum absolute atomic E-state index is 12.4. The molecule has 24 heavy (non-hydrogen) atoms. The van der Waals surface area contributed by atoms with Crippen molar-refractivity contribution < 1.29 is 35.9 Å². The number of carbonyl (C=O) groups excluding carboxylic acids is 2. The predicted molar refractivity (Wildman–Crippen MR) is 77.4 cm³/mol. The number of hydrogen-bond acceptors (Lipinski definition) is 7. The summed E-state index contributed by atoms with van der Waals surface area (Å²) in [7, 11) is -9.37. The molecule has 0 heterocycles. The van der Waals surface area contributed by atoms with Gasteiger partial charge in [0.1, 0.15) is 0 Å². The molecule has 8 nitrogen and oxygen atoms in total. The minimum absolute atomic E-state index is 0.152. The van der Waals surface area contributed by atoms with Crippen LogP contribution in [0.1, 0.15) is 31.8 Å². The average molecular weight is 367 g/mol. The van der Waals surface area contributed by atoms with Gasteiger partial charge in [0.2, 0.25) is 0 Å². The van der Waals surface area contributed by atoms with Crippen LogP contribution in [-0.2, 0) is 24.8 Å². The minimum Gasteiger partial charge on any atom is -0.612 e. The lowest BCUT2D eigenvalue weighted by Crippen LogP contribution is -2.22. The van der Waals surface area contributed by atoms with E-state index in [1.807, 2.05) is 0 Å². The van der Waals surface area contributed by atoms with Gasteiger partial charge in [-0.05, 0) is 30.3 Å². The van der Waals surface area contributed by atoms with Gasteiger partial charge in [-0.25, -0.2) is 0 Å². The summed E-state index contributed by atoms with van der Waals surface area (Å²) < 4.78 is 64.6. The molecular weight excluding hydrogens is 360 g/mol. The summed E-state index contributed by atoms with van der Waals surface area (Å²) in [6.07, 6.45) is 0. The molecule has 0 aliphatic heterocycles. The molecular formula is C14H7O8S2-. The first-order chi connectivity index (χ1) is 11.0. The quantitative estimate of drug-likeness (QED) is 0.516. The van der Waals surface area contributed by atoms with Crippen molar-refractivity contribution in [1.82, 2.24) is 0 Å². The van der Waals surface area contributed by atoms with E-state index >= 15 is 0 Å². The molecule has 0 aromatic heterocycles. The Morgan fingerprint density at radius 1 is 0.833 bits per heavy atom. The highest BCUT2D eigenvalue weighted by Gasteiger charge is 2.32. The van der Waals surface area contributed by atoms with Crippen LogP contribution in [0, 0.1) is 0 Å². The first kappa shape index (κ1) is 16.6. The summed E-state index contributed by atoms with van der Waals surface area (Å²) >= 11 is 0. The molecule has 2 aromatic rings. The van der Waals surface area contributed by atoms with Crippen LogP contribution in [0.3, 0.4) is 0 Å². The fraction of sp³-hybridized carbons (Fsp3) is 0. The molecule has 10 heteroatoms. The molecule has 2 aromatic carbocycles. The number of benzene rings is 2. The number of carbonyl (C=O) groups is 2. The van der Waals surface area contributed by atoms with Gasteiger partial charge in [0.25, 0.3) is 10.1 Å². The fourth-order valence-corrected chi connectivity index (χ4v) is 3.43. The van der Waals surface area contributed by atoms with Gasteiger partial charge >= 0.3 is 0 Å². The van der Waals surface area contributed by atoms with Gasteiger partial charge in [0.15, 0.2) is 16.5 Å². The first-order valence-corrected chi connectivity index (χ1v) is 9.16. The second-order valence-corrected chi connectivity index (χ2v) is 7.80. The standard InChI is InChI=1S/C14H7O8S2/c15-13-9-3-1-7(23(17,18)19)5-11(9)14(16)10-4-2-8(6-12(10)13)24(20,21)22/h1-6H,(H-2,17,18,19,20,21,22)/q-1. The number of hydrogen-bond donors (Lipinski definition) is 1. The van der Waals surface area contributed by atoms with E-state index in [4.69, 9.17) is 4.55 Å². The zero-order chi connectivity index (χ0) is 17.9. The molecule has 0 saturated heterocycles. The van der Waals surface area contributed by atoms with Crippen LogP contribution in [0.25, 0.3) is 0 Å². The molecule has 0 unspecified atom stereocenters. The van der Waals surface area contributed by atoms with Crippen molar-refractivity contribution >= 4 is 32.2 Å². The molecule has 3 rings (SSSR count). The smallest absolute Gasteiger partial charge is 0.294 e. The molecule has 0 fully saturated rings. The zero-order valence-corrected chi connectivity index (χ0v) is 13.2. The van der Waals surface area contributed by atoms with Gasteiger partial charge in [0, 0.05) is 38.8 Å². The highest BCUT2D eigenvalue weighted by molar-refractivity contribution is 7.92. The van der Waals surface area contributed by atoms with Crippen molar-refractivity contribution in [3.63, 3.8) is 0 Å². The normalized spacial score (nSPS) is 14.3. The summed E-state index contributed by atoms with van der Waals surface area (Å²) in [6.45, 7) is 0. The van der Waals surface area contributed by atoms with Crippen LogP contribution in [0.2, 0.25) is 0 Å². The van der Waals surface area contributed by atoms with Crippen LogP contribution >= 0.6 is 0 Å². The molecule has 0 saturated carbocycles. The van der Waals surface area contributed by atoms with E-state index < -0.39 is 42.0 Å². The summed E-state index contributed by atoms with van der Waals surface area (Å²) in [4.78, 5) is 23.7. The van der Waals surface area contributed by atoms with Gasteiger partial charge in [-0.3, -0.25) is 14.1 Å². The van der Waals surface area contributed by atoms with Crippen molar-refractivity contribution in [3.05, 3.63) is 58.7 Å². The SMILES string of the molecule is O=C1c2ccc([S+](=O)([O-])[O-])cc2C(=O)c2ccc(S(=O)(=O)O)cc21. The topological polar surface area (TPSA) is 152 Å². The van der Waals surface area contributed by atoms with E-state index in [-0.39, 0.29) is 22.3 Å². The van der Waals surface area contributed by atoms with E-state index in [0.29, 0.717) is 0 Å². The van der Waals surface area contributed by atoms with Crippen LogP contribution in [0.5, 0.6) is 0 Å². The van der Waals surface area contributed by atoms with Crippen molar-refractivity contribution in [2.45, 2.75) is 9.79 Å². The molecule has 1 aliphatic carbocycles. The molecule has 0 bridgehead atoms. The summed E-state index contributed by atoms with van der Waals surface area (Å²) in [5.41, 5.74) is -0.808. The maximum atomic E-state index is 12.4. The highest BCUT2D eigenvalue weighted by atomic mass is 32.3. The second kappa shape index (κ2) is 5.13. The third-order valence-corrected chi connectivity index (χ3v) is 5.23. The van der Waals surface area contributed by atoms with Crippen molar-refractivity contribution in [3.8, 4) is 0 Å². The Morgan fingerprint density at radius 2 is 1.33 bits per heavy atom. The van der Waals surface area contributed by atoms with Gasteiger partial charge < -0.3 is 9.11 Å². The molecule has 0 atom stereocenters. The van der Waals surface area contributed by atoms with Crippen LogP contribution in [0.4, 0.5) is 0 Å². The summed E-state index contributed by atoms with van der Waals surface area (Å²) in [5, 5.41) is 0. The lowest BCUT2D eigenvalue weighted by Gasteiger charge is -2.21. The van der Waals surface area contributed by atoms with E-state index in [1.54, 1.807) is 0 Å². The van der Waals surface area contributed by atoms with E-state index in [1.165, 1.54) is 0 Å². The number of fused-ring (bicyclic) bond motifs is 2. The van der Waals surface area contributed by atoms with Crippen LogP contribution in [-0.4, -0.2) is 33.6 Å². The highest BCUT2D eigenvalue weighted by Crippen LogP contribution is 2.31. The van der Waals surface area contributed by atoms with Crippen molar-refractivity contribution in [2.24, 2.45) is 0 Å². The fourth-order valence-electron chi connectivity index (χ4n) is 2.42. The molecule has 0 amide bonds. The second-order valence-electron chi connectivity index (χ2n) is 5.00. The maximum Gasteiger partial charge on any atom is 0.294 e. The predicted octanol–water partition coefficient (Wildman–Crippen LogP) is 0.828. The number of ketones is 2. The van der Waals surface area contributed by atoms with Gasteiger partial charge in [-0.1, -0.05) is 0 Å². The molecule has 124 valence electrons. The van der Waals surface area contributed by atoms with Gasteiger partial charge in [-0.15, -0.1) is 4.21 Å². The Labute approximate surface area is 137 Å². The number of rotatable bonds is 2. The van der Waals surface area contributed by atoms with Crippen molar-refractivity contribution in [2.75, 3.05) is 0 Å². The Morgan fingerprint density at radius 3 is 1.83 bits per heavy atom. The van der Waals surface area contributed by atoms with E-state index in [2.05, 4.69) is 0 Å². The third-order valence-electron chi connectivity index (χ3n) is 3.55. The Balaban J connectivity index is 2.24. The largest absolute Gasteiger partial charge is 0.612 e. The van der Waals surface area contributed by atoms with Gasteiger partial charge in [0.05, 0.1) is 4.90 Å². The monoisotopic (exact) mass is 367 g/mol. The van der Waals surface area contributed by atoms with Crippen LogP contribution < -0.4 is 0 Å². The minimum atomic E-state index is -4.81. The van der Waals surface area contributed by atoms with E-state index in [9.17, 15) is 31.3 Å². The lowest BCUT2D eigenvalue weighted by molar-refractivity contribution is 0.0978. The summed E-state index contributed by atoms with van der Waals surface area (Å²) in [6, 6.07) is 5.58. The lowest BCUT2D eigenvalue weighted by atomic mass is 9.84. The Bertz CT molecular complexity index is 1060. The average Bonchev–Trinajstić information content (AvgIpc) is 2.49. The molecule has 1 aliphatic rings. The molecule has 0 radical (unpaired) electrons. The van der Waals surface area contributed by atoms with E-state index in [0.717, 1.165) is 36.4 Å². The van der Waals surface area contributed by atoms with Crippen LogP contribution in [0.15, 0.2) is 46.2 Å². The molecule has 0 spiro atoms. The zero-order valence-electron chi connectivity index (χ0n) is 11.6. The first-order valence-electron chi connectivity index (χ1n) is 6.31. The third kappa shape index (κ3) is 2.60.